The highest BCUT2D eigenvalue weighted by molar-refractivity contribution is 6.29. The largest absolute Gasteiger partial charge is 0.383 e. The lowest BCUT2D eigenvalue weighted by Gasteiger charge is -2.40. The number of pyridine rings is 1. The number of hydrogen-bond acceptors (Lipinski definition) is 8. The van der Waals surface area contributed by atoms with Crippen molar-refractivity contribution in [3.63, 3.8) is 0 Å². The highest BCUT2D eigenvalue weighted by Gasteiger charge is 2.37. The van der Waals surface area contributed by atoms with Crippen LogP contribution in [0.15, 0.2) is 42.9 Å². The van der Waals surface area contributed by atoms with Gasteiger partial charge in [-0.3, -0.25) is 9.59 Å². The Morgan fingerprint density at radius 2 is 2.09 bits per heavy atom. The van der Waals surface area contributed by atoms with Crippen molar-refractivity contribution < 1.29 is 14.3 Å². The zero-order valence-corrected chi connectivity index (χ0v) is 18.8. The molecule has 172 valence electrons. The van der Waals surface area contributed by atoms with Crippen LogP contribution < -0.4 is 11.1 Å². The van der Waals surface area contributed by atoms with E-state index in [1.165, 1.54) is 13.4 Å². The normalized spacial score (nSPS) is 16.3. The third-order valence-corrected chi connectivity index (χ3v) is 5.73. The van der Waals surface area contributed by atoms with Crippen LogP contribution in [0.2, 0.25) is 5.15 Å². The zero-order valence-electron chi connectivity index (χ0n) is 18.1. The van der Waals surface area contributed by atoms with E-state index in [1.807, 2.05) is 18.2 Å². The molecular weight excluding hydrogens is 446 g/mol. The Balaban J connectivity index is 1.43. The van der Waals surface area contributed by atoms with Gasteiger partial charge in [0.25, 0.3) is 0 Å². The first kappa shape index (κ1) is 22.7. The molecule has 0 spiro atoms. The lowest BCUT2D eigenvalue weighted by atomic mass is 10.1. The summed E-state index contributed by atoms with van der Waals surface area (Å²) in [6, 6.07) is 8.34. The predicted octanol–water partition coefficient (Wildman–Crippen LogP) is 1.56. The van der Waals surface area contributed by atoms with Crippen molar-refractivity contribution in [3.05, 3.63) is 53.6 Å². The van der Waals surface area contributed by atoms with E-state index in [4.69, 9.17) is 22.1 Å². The van der Waals surface area contributed by atoms with Crippen molar-refractivity contribution in [1.82, 2.24) is 24.8 Å². The molecule has 1 saturated heterocycles. The maximum absolute atomic E-state index is 13.2. The van der Waals surface area contributed by atoms with Crippen molar-refractivity contribution in [2.75, 3.05) is 44.4 Å². The third kappa shape index (κ3) is 5.12. The van der Waals surface area contributed by atoms with Gasteiger partial charge in [0, 0.05) is 32.1 Å². The Morgan fingerprint density at radius 1 is 1.24 bits per heavy atom. The highest BCUT2D eigenvalue weighted by atomic mass is 35.5. The van der Waals surface area contributed by atoms with E-state index < -0.39 is 6.04 Å². The Kier molecular flexibility index (Phi) is 6.85. The van der Waals surface area contributed by atoms with E-state index >= 15 is 0 Å². The molecule has 1 unspecified atom stereocenters. The number of fused-ring (bicyclic) bond motifs is 1. The van der Waals surface area contributed by atoms with E-state index in [1.54, 1.807) is 28.1 Å². The van der Waals surface area contributed by atoms with Crippen molar-refractivity contribution in [2.45, 2.75) is 12.6 Å². The number of nitrogens with zero attached hydrogens (tertiary/aromatic N) is 5. The number of carbonyl (C=O) groups is 2. The molecule has 3 aromatic rings. The summed E-state index contributed by atoms with van der Waals surface area (Å²) in [6.07, 6.45) is 2.97. The molecule has 2 aromatic heterocycles. The molecule has 0 saturated carbocycles. The average molecular weight is 470 g/mol. The van der Waals surface area contributed by atoms with Crippen molar-refractivity contribution >= 4 is 45.8 Å². The first-order valence-corrected chi connectivity index (χ1v) is 10.8. The van der Waals surface area contributed by atoms with Gasteiger partial charge in [-0.2, -0.15) is 0 Å². The minimum absolute atomic E-state index is 0.0304. The summed E-state index contributed by atoms with van der Waals surface area (Å²) in [7, 11) is 1.51. The van der Waals surface area contributed by atoms with Crippen molar-refractivity contribution in [3.8, 4) is 0 Å². The first-order chi connectivity index (χ1) is 16.0. The molecule has 10 nitrogen and oxygen atoms in total. The van der Waals surface area contributed by atoms with Crippen LogP contribution in [-0.2, 0) is 20.9 Å². The highest BCUT2D eigenvalue weighted by Crippen LogP contribution is 2.21. The van der Waals surface area contributed by atoms with Crippen LogP contribution in [0, 0.1) is 0 Å². The van der Waals surface area contributed by atoms with Crippen LogP contribution >= 0.6 is 11.6 Å². The van der Waals surface area contributed by atoms with Crippen molar-refractivity contribution in [2.24, 2.45) is 0 Å². The van der Waals surface area contributed by atoms with Crippen LogP contribution in [0.5, 0.6) is 0 Å². The van der Waals surface area contributed by atoms with E-state index in [0.717, 1.165) is 16.5 Å². The SMILES string of the molecule is COCC1C(=O)N(Cc2ccc3c(N)ncnc3c2)CCN1C(=O)CNc1ccc(Cl)nc1. The van der Waals surface area contributed by atoms with Crippen LogP contribution in [0.25, 0.3) is 10.9 Å². The van der Waals surface area contributed by atoms with Gasteiger partial charge in [0.2, 0.25) is 11.8 Å². The summed E-state index contributed by atoms with van der Waals surface area (Å²) in [4.78, 5) is 41.6. The van der Waals surface area contributed by atoms with E-state index in [2.05, 4.69) is 20.3 Å². The molecule has 1 aromatic carbocycles. The van der Waals surface area contributed by atoms with Gasteiger partial charge < -0.3 is 25.6 Å². The number of methoxy groups -OCH3 is 1. The fourth-order valence-electron chi connectivity index (χ4n) is 3.81. The van der Waals surface area contributed by atoms with Gasteiger partial charge >= 0.3 is 0 Å². The Morgan fingerprint density at radius 3 is 2.85 bits per heavy atom. The minimum atomic E-state index is -0.695. The number of ether oxygens (including phenoxy) is 1. The van der Waals surface area contributed by atoms with Gasteiger partial charge in [-0.1, -0.05) is 17.7 Å². The Bertz CT molecular complexity index is 1160. The van der Waals surface area contributed by atoms with E-state index in [-0.39, 0.29) is 25.0 Å². The maximum Gasteiger partial charge on any atom is 0.248 e. The number of nitrogens with two attached hydrogens (primary N) is 1. The number of nitrogens with one attached hydrogen (secondary N) is 1. The minimum Gasteiger partial charge on any atom is -0.383 e. The summed E-state index contributed by atoms with van der Waals surface area (Å²) in [5, 5.41) is 4.16. The van der Waals surface area contributed by atoms with Gasteiger partial charge in [-0.05, 0) is 29.8 Å². The molecule has 4 rings (SSSR count). The second-order valence-electron chi connectivity index (χ2n) is 7.65. The Hall–Kier alpha value is -3.50. The number of hydrogen-bond donors (Lipinski definition) is 2. The molecule has 0 aliphatic carbocycles. The molecule has 1 atom stereocenters. The smallest absolute Gasteiger partial charge is 0.248 e. The van der Waals surface area contributed by atoms with E-state index in [0.29, 0.717) is 36.3 Å². The molecule has 1 aliphatic heterocycles. The number of piperazine rings is 1. The number of amides is 2. The van der Waals surface area contributed by atoms with Crippen LogP contribution in [-0.4, -0.2) is 76.0 Å². The second-order valence-corrected chi connectivity index (χ2v) is 8.04. The molecule has 1 aliphatic rings. The van der Waals surface area contributed by atoms with Gasteiger partial charge in [0.1, 0.15) is 23.3 Å². The standard InChI is InChI=1S/C22H24ClN7O3/c1-33-12-18-22(32)29(11-14-2-4-16-17(8-14)27-13-28-21(16)24)6-7-30(18)20(31)10-25-15-3-5-19(23)26-9-15/h2-5,8-9,13,18,25H,6-7,10-12H2,1H3,(H2,24,27,28). The quantitative estimate of drug-likeness (QED) is 0.499. The number of aromatic nitrogens is 3. The van der Waals surface area contributed by atoms with Crippen molar-refractivity contribution in [1.29, 1.82) is 0 Å². The summed E-state index contributed by atoms with van der Waals surface area (Å²) in [5.74, 6) is 0.0580. The lowest BCUT2D eigenvalue weighted by molar-refractivity contribution is -0.153. The molecule has 0 bridgehead atoms. The van der Waals surface area contributed by atoms with Crippen LogP contribution in [0.1, 0.15) is 5.56 Å². The number of anilines is 2. The molecule has 11 heteroatoms. The summed E-state index contributed by atoms with van der Waals surface area (Å²) < 4.78 is 5.26. The monoisotopic (exact) mass is 469 g/mol. The molecular formula is C22H24ClN7O3. The number of rotatable bonds is 7. The van der Waals surface area contributed by atoms with Gasteiger partial charge in [-0.15, -0.1) is 0 Å². The molecule has 33 heavy (non-hydrogen) atoms. The van der Waals surface area contributed by atoms with Gasteiger partial charge in [-0.25, -0.2) is 15.0 Å². The predicted molar refractivity (Wildman–Crippen MR) is 124 cm³/mol. The van der Waals surface area contributed by atoms with Gasteiger partial charge in [0.05, 0.1) is 30.6 Å². The van der Waals surface area contributed by atoms with Crippen LogP contribution in [0.3, 0.4) is 0 Å². The topological polar surface area (TPSA) is 127 Å². The lowest BCUT2D eigenvalue weighted by Crippen LogP contribution is -2.60. The zero-order chi connectivity index (χ0) is 23.4. The molecule has 3 heterocycles. The number of nitrogen functional groups attached to an aromatic ring is 1. The maximum atomic E-state index is 13.2. The Labute approximate surface area is 195 Å². The summed E-state index contributed by atoms with van der Waals surface area (Å²) in [6.45, 7) is 1.36. The summed E-state index contributed by atoms with van der Waals surface area (Å²) in [5.41, 5.74) is 8.20. The molecule has 2 amide bonds. The number of benzene rings is 1. The molecule has 0 radical (unpaired) electrons. The molecule has 1 fully saturated rings. The fraction of sp³-hybridized carbons (Fsp3) is 0.318. The summed E-state index contributed by atoms with van der Waals surface area (Å²) >= 11 is 5.79. The van der Waals surface area contributed by atoms with Crippen LogP contribution in [0.4, 0.5) is 11.5 Å². The first-order valence-electron chi connectivity index (χ1n) is 10.4. The third-order valence-electron chi connectivity index (χ3n) is 5.50. The van der Waals surface area contributed by atoms with E-state index in [9.17, 15) is 9.59 Å². The average Bonchev–Trinajstić information content (AvgIpc) is 2.81. The fourth-order valence-corrected chi connectivity index (χ4v) is 3.93. The molecule has 3 N–H and O–H groups in total. The number of halogens is 1. The van der Waals surface area contributed by atoms with Gasteiger partial charge in [0.15, 0.2) is 0 Å². The second kappa shape index (κ2) is 9.97. The number of carbonyl (C=O) groups excluding carboxylic acids is 2.